The van der Waals surface area contributed by atoms with Gasteiger partial charge in [-0.3, -0.25) is 4.79 Å². The summed E-state index contributed by atoms with van der Waals surface area (Å²) in [5.74, 6) is 0.944. The molecule has 5 rings (SSSR count). The van der Waals surface area contributed by atoms with E-state index in [1.165, 1.54) is 0 Å². The van der Waals surface area contributed by atoms with Crippen molar-refractivity contribution in [1.82, 2.24) is 0 Å². The van der Waals surface area contributed by atoms with Gasteiger partial charge in [-0.15, -0.1) is 0 Å². The van der Waals surface area contributed by atoms with Crippen LogP contribution in [0, 0.1) is 28.6 Å². The van der Waals surface area contributed by atoms with Crippen molar-refractivity contribution in [2.75, 3.05) is 6.61 Å². The Bertz CT molecular complexity index is 770. The number of ether oxygens (including phenoxy) is 2. The summed E-state index contributed by atoms with van der Waals surface area (Å²) in [5, 5.41) is 0.683. The topological polar surface area (TPSA) is 55.9 Å². The van der Waals surface area contributed by atoms with Crippen LogP contribution < -0.4 is 0 Å². The molecular weight excluding hydrogens is 340 g/mol. The average molecular weight is 363 g/mol. The highest BCUT2D eigenvalue weighted by Crippen LogP contribution is 2.72. The zero-order valence-corrected chi connectivity index (χ0v) is 15.6. The van der Waals surface area contributed by atoms with E-state index in [2.05, 4.69) is 19.9 Å². The van der Waals surface area contributed by atoms with Gasteiger partial charge in [0.2, 0.25) is 0 Å². The molecule has 3 aliphatic carbocycles. The minimum atomic E-state index is -0.570. The first-order chi connectivity index (χ1) is 11.7. The second kappa shape index (κ2) is 4.58. The summed E-state index contributed by atoms with van der Waals surface area (Å²) in [7, 11) is 0. The molecule has 2 saturated carbocycles. The minimum absolute atomic E-state index is 0.0693. The number of rotatable bonds is 1. The fourth-order valence-electron chi connectivity index (χ4n) is 6.77. The summed E-state index contributed by atoms with van der Waals surface area (Å²) in [5.41, 5.74) is -0.000741. The van der Waals surface area contributed by atoms with Gasteiger partial charge in [-0.05, 0) is 49.5 Å². The number of carbonyl (C=O) groups excluding carboxylic acids is 2. The number of esters is 1. The normalized spacial score (nSPS) is 52.7. The third-order valence-corrected chi connectivity index (χ3v) is 8.42. The SMILES string of the molecule is CC(=O)[C@@]12O[C@@H]1C[C@H]1[C@@H]3C=C(Cl)C4=CC(=O)OC[C@]4(C)[C@H]3CC[C@@]12C. The molecule has 3 fully saturated rings. The molecule has 0 amide bonds. The maximum absolute atomic E-state index is 12.4. The summed E-state index contributed by atoms with van der Waals surface area (Å²) in [6, 6.07) is 0. The molecule has 5 aliphatic rings. The van der Waals surface area contributed by atoms with Gasteiger partial charge in [-0.2, -0.15) is 0 Å². The molecule has 4 nitrogen and oxygen atoms in total. The molecule has 0 aromatic heterocycles. The van der Waals surface area contributed by atoms with Crippen LogP contribution in [-0.4, -0.2) is 30.1 Å². The largest absolute Gasteiger partial charge is 0.462 e. The molecule has 5 heteroatoms. The van der Waals surface area contributed by atoms with E-state index >= 15 is 0 Å². The highest BCUT2D eigenvalue weighted by Gasteiger charge is 2.79. The van der Waals surface area contributed by atoms with Crippen molar-refractivity contribution in [3.8, 4) is 0 Å². The van der Waals surface area contributed by atoms with Gasteiger partial charge >= 0.3 is 5.97 Å². The fourth-order valence-corrected chi connectivity index (χ4v) is 7.19. The van der Waals surface area contributed by atoms with Crippen molar-refractivity contribution in [3.05, 3.63) is 22.8 Å². The quantitative estimate of drug-likeness (QED) is 0.530. The summed E-state index contributed by atoms with van der Waals surface area (Å²) >= 11 is 6.63. The van der Waals surface area contributed by atoms with Crippen molar-refractivity contribution in [3.63, 3.8) is 0 Å². The van der Waals surface area contributed by atoms with Crippen molar-refractivity contribution >= 4 is 23.4 Å². The molecular formula is C20H23ClO4. The van der Waals surface area contributed by atoms with E-state index in [-0.39, 0.29) is 28.7 Å². The highest BCUT2D eigenvalue weighted by molar-refractivity contribution is 6.32. The van der Waals surface area contributed by atoms with Gasteiger partial charge in [-0.25, -0.2) is 4.79 Å². The lowest BCUT2D eigenvalue weighted by Crippen LogP contribution is -2.54. The number of halogens is 1. The number of hydrogen-bond acceptors (Lipinski definition) is 4. The number of fused-ring (bicyclic) bond motifs is 7. The van der Waals surface area contributed by atoms with Crippen LogP contribution in [0.4, 0.5) is 0 Å². The van der Waals surface area contributed by atoms with Crippen LogP contribution in [0.3, 0.4) is 0 Å². The standard InChI is InChI=1S/C20H23ClO4/c1-10(22)20-16(25-20)7-13-11-6-15(21)14-8-17(23)24-9-18(14,2)12(11)4-5-19(13,20)3/h6,8,11-13,16H,4-5,7,9H2,1-3H3/t11-,12+,13+,16-,18-,19+,20-/m1/s1. The maximum Gasteiger partial charge on any atom is 0.331 e. The van der Waals surface area contributed by atoms with Gasteiger partial charge in [-0.1, -0.05) is 31.5 Å². The van der Waals surface area contributed by atoms with Crippen molar-refractivity contribution < 1.29 is 19.1 Å². The van der Waals surface area contributed by atoms with Crippen LogP contribution in [0.25, 0.3) is 0 Å². The fraction of sp³-hybridized carbons (Fsp3) is 0.700. The molecule has 0 spiro atoms. The number of allylic oxidation sites excluding steroid dienone is 2. The number of hydrogen-bond donors (Lipinski definition) is 0. The molecule has 0 bridgehead atoms. The first-order valence-corrected chi connectivity index (χ1v) is 9.57. The van der Waals surface area contributed by atoms with E-state index in [4.69, 9.17) is 21.1 Å². The van der Waals surface area contributed by atoms with Gasteiger partial charge in [0.1, 0.15) is 6.61 Å². The smallest absolute Gasteiger partial charge is 0.331 e. The Hall–Kier alpha value is -1.13. The average Bonchev–Trinajstić information content (AvgIpc) is 3.23. The summed E-state index contributed by atoms with van der Waals surface area (Å²) < 4.78 is 11.3. The first-order valence-electron chi connectivity index (χ1n) is 9.19. The Morgan fingerprint density at radius 1 is 1.32 bits per heavy atom. The Morgan fingerprint density at radius 3 is 2.80 bits per heavy atom. The predicted octanol–water partition coefficient (Wildman–Crippen LogP) is 3.39. The summed E-state index contributed by atoms with van der Waals surface area (Å²) in [6.45, 7) is 6.47. The maximum atomic E-state index is 12.4. The molecule has 25 heavy (non-hydrogen) atoms. The summed E-state index contributed by atoms with van der Waals surface area (Å²) in [6.07, 6.45) is 6.68. The van der Waals surface area contributed by atoms with Crippen LogP contribution in [0.1, 0.15) is 40.0 Å². The van der Waals surface area contributed by atoms with E-state index in [0.29, 0.717) is 29.4 Å². The van der Waals surface area contributed by atoms with Crippen LogP contribution in [0.5, 0.6) is 0 Å². The van der Waals surface area contributed by atoms with Gasteiger partial charge < -0.3 is 9.47 Å². The molecule has 134 valence electrons. The molecule has 0 radical (unpaired) electrons. The van der Waals surface area contributed by atoms with E-state index in [1.807, 2.05) is 0 Å². The van der Waals surface area contributed by atoms with Crippen molar-refractivity contribution in [2.45, 2.75) is 51.7 Å². The van der Waals surface area contributed by atoms with Crippen LogP contribution >= 0.6 is 11.6 Å². The monoisotopic (exact) mass is 362 g/mol. The van der Waals surface area contributed by atoms with E-state index in [9.17, 15) is 9.59 Å². The lowest BCUT2D eigenvalue weighted by molar-refractivity contribution is -0.148. The minimum Gasteiger partial charge on any atom is -0.462 e. The van der Waals surface area contributed by atoms with Crippen molar-refractivity contribution in [2.24, 2.45) is 28.6 Å². The molecule has 2 aliphatic heterocycles. The Morgan fingerprint density at radius 2 is 2.08 bits per heavy atom. The van der Waals surface area contributed by atoms with Crippen molar-refractivity contribution in [1.29, 1.82) is 0 Å². The van der Waals surface area contributed by atoms with E-state index < -0.39 is 5.60 Å². The zero-order valence-electron chi connectivity index (χ0n) is 14.8. The molecule has 0 aromatic carbocycles. The molecule has 0 unspecified atom stereocenters. The lowest BCUT2D eigenvalue weighted by atomic mass is 9.49. The van der Waals surface area contributed by atoms with Gasteiger partial charge in [0.15, 0.2) is 11.4 Å². The van der Waals surface area contributed by atoms with Gasteiger partial charge in [0.05, 0.1) is 6.10 Å². The molecule has 2 heterocycles. The molecule has 7 atom stereocenters. The lowest BCUT2D eigenvalue weighted by Gasteiger charge is -2.56. The number of Topliss-reactive ketones (excluding diaryl/α,β-unsaturated/α-hetero) is 1. The van der Waals surface area contributed by atoms with Crippen LogP contribution in [0.2, 0.25) is 0 Å². The van der Waals surface area contributed by atoms with Crippen LogP contribution in [-0.2, 0) is 19.1 Å². The predicted molar refractivity (Wildman–Crippen MR) is 91.8 cm³/mol. The second-order valence-corrected chi connectivity index (χ2v) is 9.39. The Kier molecular flexibility index (Phi) is 2.94. The van der Waals surface area contributed by atoms with Crippen LogP contribution in [0.15, 0.2) is 22.8 Å². The molecule has 1 saturated heterocycles. The van der Waals surface area contributed by atoms with E-state index in [0.717, 1.165) is 24.8 Å². The summed E-state index contributed by atoms with van der Waals surface area (Å²) in [4.78, 5) is 24.1. The number of ketones is 1. The van der Waals surface area contributed by atoms with Gasteiger partial charge in [0, 0.05) is 21.9 Å². The molecule has 0 N–H and O–H groups in total. The number of carbonyl (C=O) groups is 2. The Labute approximate surface area is 152 Å². The number of cyclic esters (lactones) is 1. The molecule has 0 aromatic rings. The highest BCUT2D eigenvalue weighted by atomic mass is 35.5. The van der Waals surface area contributed by atoms with E-state index in [1.54, 1.807) is 13.0 Å². The van der Waals surface area contributed by atoms with Gasteiger partial charge in [0.25, 0.3) is 0 Å². The third kappa shape index (κ3) is 1.69. The zero-order chi connectivity index (χ0) is 17.8. The number of epoxide rings is 1. The Balaban J connectivity index is 1.60. The third-order valence-electron chi connectivity index (χ3n) is 8.09. The first kappa shape index (κ1) is 16.1. The second-order valence-electron chi connectivity index (χ2n) is 8.98.